The van der Waals surface area contributed by atoms with Crippen molar-refractivity contribution < 1.29 is 0 Å². The molecule has 2 bridgehead atoms. The Bertz CT molecular complexity index is 380. The highest BCUT2D eigenvalue weighted by atomic mass is 15.1. The molecule has 3 nitrogen and oxygen atoms in total. The molecule has 1 aromatic heterocycles. The van der Waals surface area contributed by atoms with Crippen LogP contribution in [-0.2, 0) is 6.54 Å². The number of rotatable bonds is 5. The van der Waals surface area contributed by atoms with Crippen LogP contribution in [0.15, 0.2) is 24.5 Å². The zero-order chi connectivity index (χ0) is 13.1. The number of aromatic nitrogens is 1. The summed E-state index contributed by atoms with van der Waals surface area (Å²) in [6, 6.07) is 5.88. The second-order valence-corrected chi connectivity index (χ2v) is 6.36. The highest BCUT2D eigenvalue weighted by Gasteiger charge is 2.32. The van der Waals surface area contributed by atoms with E-state index in [0.29, 0.717) is 0 Å². The van der Waals surface area contributed by atoms with Gasteiger partial charge in [0.2, 0.25) is 0 Å². The quantitative estimate of drug-likeness (QED) is 0.880. The minimum atomic E-state index is 0.828. The van der Waals surface area contributed by atoms with Crippen LogP contribution in [0.4, 0.5) is 0 Å². The van der Waals surface area contributed by atoms with Gasteiger partial charge in [0.05, 0.1) is 0 Å². The van der Waals surface area contributed by atoms with Gasteiger partial charge in [-0.2, -0.15) is 0 Å². The third-order valence-corrected chi connectivity index (χ3v) is 4.69. The molecule has 0 amide bonds. The first-order chi connectivity index (χ1) is 9.29. The number of fused-ring (bicyclic) bond motifs is 2. The van der Waals surface area contributed by atoms with E-state index in [9.17, 15) is 0 Å². The molecule has 0 aromatic carbocycles. The van der Waals surface area contributed by atoms with Crippen LogP contribution in [0.5, 0.6) is 0 Å². The van der Waals surface area contributed by atoms with Crippen LogP contribution in [0.2, 0.25) is 0 Å². The van der Waals surface area contributed by atoms with E-state index in [-0.39, 0.29) is 0 Å². The van der Waals surface area contributed by atoms with Gasteiger partial charge in [-0.15, -0.1) is 0 Å². The highest BCUT2D eigenvalue weighted by molar-refractivity contribution is 5.09. The zero-order valence-electron chi connectivity index (χ0n) is 11.9. The Balaban J connectivity index is 1.42. The average molecular weight is 259 g/mol. The monoisotopic (exact) mass is 259 g/mol. The van der Waals surface area contributed by atoms with Crippen molar-refractivity contribution in [3.8, 4) is 0 Å². The molecule has 2 fully saturated rings. The van der Waals surface area contributed by atoms with Crippen molar-refractivity contribution in [2.24, 2.45) is 5.92 Å². The van der Waals surface area contributed by atoms with Gasteiger partial charge in [0.1, 0.15) is 0 Å². The van der Waals surface area contributed by atoms with Crippen LogP contribution >= 0.6 is 0 Å². The lowest BCUT2D eigenvalue weighted by Crippen LogP contribution is -2.38. The second-order valence-electron chi connectivity index (χ2n) is 6.36. The lowest BCUT2D eigenvalue weighted by atomic mass is 9.89. The molecule has 1 aromatic rings. The largest absolute Gasteiger partial charge is 0.311 e. The maximum atomic E-state index is 4.07. The molecule has 19 heavy (non-hydrogen) atoms. The Labute approximate surface area is 116 Å². The molecule has 3 rings (SSSR count). The molecule has 0 aliphatic carbocycles. The predicted octanol–water partition coefficient (Wildman–Crippen LogP) is 2.43. The number of hydrogen-bond donors (Lipinski definition) is 1. The van der Waals surface area contributed by atoms with Crippen LogP contribution in [0.25, 0.3) is 0 Å². The number of hydrogen-bond acceptors (Lipinski definition) is 3. The number of pyridine rings is 1. The Morgan fingerprint density at radius 1 is 1.21 bits per heavy atom. The lowest BCUT2D eigenvalue weighted by molar-refractivity contribution is 0.238. The molecule has 0 radical (unpaired) electrons. The van der Waals surface area contributed by atoms with Gasteiger partial charge in [-0.25, -0.2) is 0 Å². The van der Waals surface area contributed by atoms with E-state index >= 15 is 0 Å². The Morgan fingerprint density at radius 2 is 1.89 bits per heavy atom. The van der Waals surface area contributed by atoms with Crippen LogP contribution < -0.4 is 5.32 Å². The topological polar surface area (TPSA) is 28.2 Å². The van der Waals surface area contributed by atoms with Gasteiger partial charge in [0.25, 0.3) is 0 Å². The first-order valence-electron chi connectivity index (χ1n) is 7.63. The van der Waals surface area contributed by atoms with Gasteiger partial charge in [0, 0.05) is 31.0 Å². The van der Waals surface area contributed by atoms with Crippen molar-refractivity contribution in [1.29, 1.82) is 0 Å². The van der Waals surface area contributed by atoms with Crippen molar-refractivity contribution in [3.63, 3.8) is 0 Å². The van der Waals surface area contributed by atoms with Gasteiger partial charge in [-0.1, -0.05) is 0 Å². The summed E-state index contributed by atoms with van der Waals surface area (Å²) in [5.41, 5.74) is 1.36. The molecule has 104 valence electrons. The molecule has 3 heteroatoms. The fourth-order valence-corrected chi connectivity index (χ4v) is 3.69. The normalized spacial score (nSPS) is 29.9. The van der Waals surface area contributed by atoms with Crippen LogP contribution in [0.1, 0.15) is 37.7 Å². The maximum absolute atomic E-state index is 4.07. The third-order valence-electron chi connectivity index (χ3n) is 4.69. The number of nitrogens with zero attached hydrogens (tertiary/aromatic N) is 2. The van der Waals surface area contributed by atoms with E-state index in [0.717, 1.165) is 24.5 Å². The first-order valence-corrected chi connectivity index (χ1v) is 7.63. The third kappa shape index (κ3) is 3.54. The van der Waals surface area contributed by atoms with Crippen LogP contribution in [-0.4, -0.2) is 35.6 Å². The van der Waals surface area contributed by atoms with Crippen molar-refractivity contribution in [2.75, 3.05) is 13.6 Å². The lowest BCUT2D eigenvalue weighted by Gasteiger charge is -2.30. The van der Waals surface area contributed by atoms with E-state index in [1.807, 2.05) is 12.4 Å². The van der Waals surface area contributed by atoms with Crippen molar-refractivity contribution in [3.05, 3.63) is 30.1 Å². The second kappa shape index (κ2) is 6.02. The van der Waals surface area contributed by atoms with Gasteiger partial charge in [-0.05, 0) is 69.3 Å². The fraction of sp³-hybridized carbons (Fsp3) is 0.688. The van der Waals surface area contributed by atoms with E-state index < -0.39 is 0 Å². The van der Waals surface area contributed by atoms with Crippen LogP contribution in [0, 0.1) is 5.92 Å². The summed E-state index contributed by atoms with van der Waals surface area (Å²) in [4.78, 5) is 6.51. The smallest absolute Gasteiger partial charge is 0.0271 e. The summed E-state index contributed by atoms with van der Waals surface area (Å²) in [6.45, 7) is 2.26. The Kier molecular flexibility index (Phi) is 4.14. The molecule has 2 aliphatic heterocycles. The fourth-order valence-electron chi connectivity index (χ4n) is 3.69. The summed E-state index contributed by atoms with van der Waals surface area (Å²) in [7, 11) is 2.23. The average Bonchev–Trinajstić information content (AvgIpc) is 2.77. The standard InChI is InChI=1S/C16H25N3/c1-19(12-13-4-7-17-8-5-13)9-6-14-10-15-2-3-16(11-14)18-15/h4-5,7-8,14-16,18H,2-3,6,9-12H2,1H3. The minimum absolute atomic E-state index is 0.828. The van der Waals surface area contributed by atoms with Crippen molar-refractivity contribution in [1.82, 2.24) is 15.2 Å². The molecule has 2 saturated heterocycles. The summed E-state index contributed by atoms with van der Waals surface area (Å²) < 4.78 is 0. The molecular weight excluding hydrogens is 234 g/mol. The van der Waals surface area contributed by atoms with Gasteiger partial charge in [-0.3, -0.25) is 4.98 Å². The minimum Gasteiger partial charge on any atom is -0.311 e. The number of piperidine rings is 1. The van der Waals surface area contributed by atoms with Gasteiger partial charge in [0.15, 0.2) is 0 Å². The molecule has 0 spiro atoms. The molecule has 1 N–H and O–H groups in total. The van der Waals surface area contributed by atoms with Gasteiger partial charge >= 0.3 is 0 Å². The van der Waals surface area contributed by atoms with E-state index in [2.05, 4.69) is 34.4 Å². The molecule has 2 aliphatic rings. The molecule has 2 unspecified atom stereocenters. The Morgan fingerprint density at radius 3 is 2.58 bits per heavy atom. The SMILES string of the molecule is CN(CCC1CC2CCC(C1)N2)Cc1ccncc1. The predicted molar refractivity (Wildman–Crippen MR) is 77.9 cm³/mol. The summed E-state index contributed by atoms with van der Waals surface area (Å²) in [5.74, 6) is 0.943. The highest BCUT2D eigenvalue weighted by Crippen LogP contribution is 2.32. The summed E-state index contributed by atoms with van der Waals surface area (Å²) >= 11 is 0. The van der Waals surface area contributed by atoms with Crippen molar-refractivity contribution >= 4 is 0 Å². The number of nitrogens with one attached hydrogen (secondary N) is 1. The Hall–Kier alpha value is -0.930. The van der Waals surface area contributed by atoms with E-state index in [1.54, 1.807) is 0 Å². The summed E-state index contributed by atoms with van der Waals surface area (Å²) in [6.07, 6.45) is 10.7. The first kappa shape index (κ1) is 13.1. The molecule has 3 heterocycles. The van der Waals surface area contributed by atoms with Crippen LogP contribution in [0.3, 0.4) is 0 Å². The molecular formula is C16H25N3. The maximum Gasteiger partial charge on any atom is 0.0271 e. The summed E-state index contributed by atoms with van der Waals surface area (Å²) in [5, 5.41) is 3.73. The van der Waals surface area contributed by atoms with Gasteiger partial charge < -0.3 is 10.2 Å². The molecule has 0 saturated carbocycles. The van der Waals surface area contributed by atoms with E-state index in [4.69, 9.17) is 0 Å². The van der Waals surface area contributed by atoms with E-state index in [1.165, 1.54) is 44.2 Å². The van der Waals surface area contributed by atoms with Crippen molar-refractivity contribution in [2.45, 2.75) is 50.7 Å². The molecule has 2 atom stereocenters. The zero-order valence-corrected chi connectivity index (χ0v) is 11.9.